The third-order valence-corrected chi connectivity index (χ3v) is 1.92. The molecule has 0 spiro atoms. The second kappa shape index (κ2) is 5.60. The molecule has 0 saturated heterocycles. The number of esters is 1. The molecule has 0 saturated carbocycles. The Morgan fingerprint density at radius 3 is 3.00 bits per heavy atom. The molecule has 1 heterocycles. The van der Waals surface area contributed by atoms with Crippen molar-refractivity contribution < 1.29 is 13.9 Å². The third-order valence-electron chi connectivity index (χ3n) is 1.49. The van der Waals surface area contributed by atoms with E-state index in [-0.39, 0.29) is 6.61 Å². The van der Waals surface area contributed by atoms with Gasteiger partial charge in [0.1, 0.15) is 0 Å². The summed E-state index contributed by atoms with van der Waals surface area (Å²) in [5, 5.41) is 0. The van der Waals surface area contributed by atoms with Gasteiger partial charge < -0.3 is 4.74 Å². The molecule has 0 aliphatic carbocycles. The number of hydrogen-bond acceptors (Lipinski definition) is 3. The van der Waals surface area contributed by atoms with Crippen LogP contribution in [0.1, 0.15) is 12.5 Å². The highest BCUT2D eigenvalue weighted by Crippen LogP contribution is 2.13. The van der Waals surface area contributed by atoms with Gasteiger partial charge >= 0.3 is 5.97 Å². The number of ether oxygens (including phenoxy) is 1. The largest absolute Gasteiger partial charge is 0.461 e. The Morgan fingerprint density at radius 2 is 2.40 bits per heavy atom. The summed E-state index contributed by atoms with van der Waals surface area (Å²) in [6.45, 7) is 1.77. The fourth-order valence-electron chi connectivity index (χ4n) is 0.913. The Bertz CT molecular complexity index is 393. The van der Waals surface area contributed by atoms with Crippen LogP contribution >= 0.6 is 15.9 Å². The molecule has 0 radical (unpaired) electrons. The smallest absolute Gasteiger partial charge is 0.367 e. The Kier molecular flexibility index (Phi) is 4.42. The monoisotopic (exact) mass is 273 g/mol. The fourth-order valence-corrected chi connectivity index (χ4v) is 1.30. The van der Waals surface area contributed by atoms with Crippen LogP contribution < -0.4 is 0 Å². The van der Waals surface area contributed by atoms with E-state index >= 15 is 0 Å². The molecule has 15 heavy (non-hydrogen) atoms. The predicted octanol–water partition coefficient (Wildman–Crippen LogP) is 2.72. The first kappa shape index (κ1) is 11.8. The Morgan fingerprint density at radius 1 is 1.67 bits per heavy atom. The van der Waals surface area contributed by atoms with Crippen molar-refractivity contribution in [3.05, 3.63) is 34.3 Å². The molecule has 0 N–H and O–H groups in total. The number of halogens is 2. The Hall–Kier alpha value is -1.23. The SMILES string of the molecule is CCOC(=O)/C(F)=C/c1cncc(Br)c1. The van der Waals surface area contributed by atoms with E-state index in [1.165, 1.54) is 6.20 Å². The first-order valence-corrected chi connectivity index (χ1v) is 5.07. The van der Waals surface area contributed by atoms with Crippen molar-refractivity contribution in [3.63, 3.8) is 0 Å². The van der Waals surface area contributed by atoms with Gasteiger partial charge in [-0.05, 0) is 40.6 Å². The molecule has 0 aromatic carbocycles. The lowest BCUT2D eigenvalue weighted by atomic mass is 10.2. The highest BCUT2D eigenvalue weighted by molar-refractivity contribution is 9.10. The van der Waals surface area contributed by atoms with Crippen LogP contribution in [0, 0.1) is 0 Å². The zero-order chi connectivity index (χ0) is 11.3. The molecular weight excluding hydrogens is 265 g/mol. The van der Waals surface area contributed by atoms with Crippen molar-refractivity contribution in [1.29, 1.82) is 0 Å². The summed E-state index contributed by atoms with van der Waals surface area (Å²) in [5.41, 5.74) is 0.495. The van der Waals surface area contributed by atoms with Crippen molar-refractivity contribution in [2.45, 2.75) is 6.92 Å². The number of rotatable bonds is 3. The van der Waals surface area contributed by atoms with Gasteiger partial charge in [0.25, 0.3) is 0 Å². The second-order valence-electron chi connectivity index (χ2n) is 2.65. The first-order chi connectivity index (χ1) is 7.13. The quantitative estimate of drug-likeness (QED) is 0.628. The summed E-state index contributed by atoms with van der Waals surface area (Å²) in [5.74, 6) is -1.89. The lowest BCUT2D eigenvalue weighted by Gasteiger charge is -1.98. The van der Waals surface area contributed by atoms with Crippen molar-refractivity contribution in [2.24, 2.45) is 0 Å². The first-order valence-electron chi connectivity index (χ1n) is 4.28. The van der Waals surface area contributed by atoms with Crippen LogP contribution in [-0.2, 0) is 9.53 Å². The molecule has 5 heteroatoms. The molecule has 0 bridgehead atoms. The minimum absolute atomic E-state index is 0.150. The van der Waals surface area contributed by atoms with Gasteiger partial charge in [0, 0.05) is 16.9 Å². The van der Waals surface area contributed by atoms with E-state index < -0.39 is 11.8 Å². The highest BCUT2D eigenvalue weighted by Gasteiger charge is 2.09. The Balaban J connectivity index is 2.82. The summed E-state index contributed by atoms with van der Waals surface area (Å²) in [7, 11) is 0. The van der Waals surface area contributed by atoms with Crippen molar-refractivity contribution in [2.75, 3.05) is 6.61 Å². The molecule has 0 aliphatic rings. The van der Waals surface area contributed by atoms with Crippen LogP contribution in [0.25, 0.3) is 6.08 Å². The zero-order valence-electron chi connectivity index (χ0n) is 8.04. The molecule has 1 aromatic rings. The molecule has 0 aliphatic heterocycles. The fraction of sp³-hybridized carbons (Fsp3) is 0.200. The molecule has 0 unspecified atom stereocenters. The average molecular weight is 274 g/mol. The van der Waals surface area contributed by atoms with Gasteiger partial charge in [-0.15, -0.1) is 0 Å². The minimum Gasteiger partial charge on any atom is -0.461 e. The number of aromatic nitrogens is 1. The maximum absolute atomic E-state index is 13.1. The van der Waals surface area contributed by atoms with Crippen LogP contribution in [0.3, 0.4) is 0 Å². The number of carbonyl (C=O) groups excluding carboxylic acids is 1. The Labute approximate surface area is 95.1 Å². The predicted molar refractivity (Wildman–Crippen MR) is 57.7 cm³/mol. The van der Waals surface area contributed by atoms with Crippen LogP contribution in [-0.4, -0.2) is 17.6 Å². The summed E-state index contributed by atoms with van der Waals surface area (Å²) < 4.78 is 18.4. The number of pyridine rings is 1. The number of nitrogens with zero attached hydrogens (tertiary/aromatic N) is 1. The number of carbonyl (C=O) groups is 1. The minimum atomic E-state index is -0.961. The van der Waals surface area contributed by atoms with E-state index in [4.69, 9.17) is 0 Å². The topological polar surface area (TPSA) is 39.2 Å². The highest BCUT2D eigenvalue weighted by atomic mass is 79.9. The average Bonchev–Trinajstić information content (AvgIpc) is 2.18. The van der Waals surface area contributed by atoms with Crippen LogP contribution in [0.15, 0.2) is 28.8 Å². The van der Waals surface area contributed by atoms with Gasteiger partial charge in [0.2, 0.25) is 5.83 Å². The van der Waals surface area contributed by atoms with E-state index in [0.29, 0.717) is 10.0 Å². The lowest BCUT2D eigenvalue weighted by molar-refractivity contribution is -0.140. The molecule has 1 rings (SSSR count). The summed E-state index contributed by atoms with van der Waals surface area (Å²) >= 11 is 3.19. The molecule has 0 amide bonds. The van der Waals surface area contributed by atoms with Crippen molar-refractivity contribution in [3.8, 4) is 0 Å². The molecule has 1 aromatic heterocycles. The normalized spacial score (nSPS) is 11.3. The van der Waals surface area contributed by atoms with E-state index in [2.05, 4.69) is 25.7 Å². The molecule has 80 valence electrons. The van der Waals surface area contributed by atoms with Crippen LogP contribution in [0.5, 0.6) is 0 Å². The van der Waals surface area contributed by atoms with Gasteiger partial charge in [-0.25, -0.2) is 4.79 Å². The van der Waals surface area contributed by atoms with Crippen LogP contribution in [0.4, 0.5) is 4.39 Å². The van der Waals surface area contributed by atoms with E-state index in [9.17, 15) is 9.18 Å². The van der Waals surface area contributed by atoms with Crippen molar-refractivity contribution in [1.82, 2.24) is 4.98 Å². The maximum Gasteiger partial charge on any atom is 0.367 e. The lowest BCUT2D eigenvalue weighted by Crippen LogP contribution is -2.03. The van der Waals surface area contributed by atoms with Crippen LogP contribution in [0.2, 0.25) is 0 Å². The zero-order valence-corrected chi connectivity index (χ0v) is 9.62. The van der Waals surface area contributed by atoms with E-state index in [0.717, 1.165) is 6.08 Å². The summed E-state index contributed by atoms with van der Waals surface area (Å²) in [6, 6.07) is 1.64. The maximum atomic E-state index is 13.1. The van der Waals surface area contributed by atoms with Gasteiger partial charge in [0.05, 0.1) is 6.61 Å². The molecule has 0 fully saturated rings. The standard InChI is InChI=1S/C10H9BrFNO2/c1-2-15-10(14)9(12)4-7-3-8(11)6-13-5-7/h3-6H,2H2,1H3/b9-4-. The van der Waals surface area contributed by atoms with Crippen molar-refractivity contribution >= 4 is 28.0 Å². The van der Waals surface area contributed by atoms with Gasteiger partial charge in [-0.1, -0.05) is 0 Å². The third kappa shape index (κ3) is 3.79. The van der Waals surface area contributed by atoms with E-state index in [1.54, 1.807) is 19.2 Å². The van der Waals surface area contributed by atoms with Gasteiger partial charge in [-0.2, -0.15) is 4.39 Å². The second-order valence-corrected chi connectivity index (χ2v) is 3.56. The van der Waals surface area contributed by atoms with Gasteiger partial charge in [0.15, 0.2) is 0 Å². The van der Waals surface area contributed by atoms with Gasteiger partial charge in [-0.3, -0.25) is 4.98 Å². The van der Waals surface area contributed by atoms with E-state index in [1.807, 2.05) is 0 Å². The summed E-state index contributed by atoms with van der Waals surface area (Å²) in [4.78, 5) is 14.8. The summed E-state index contributed by atoms with van der Waals surface area (Å²) in [6.07, 6.45) is 4.10. The molecular formula is C10H9BrFNO2. The molecule has 0 atom stereocenters. The number of hydrogen-bond donors (Lipinski definition) is 0. The molecule has 3 nitrogen and oxygen atoms in total.